The molecule has 0 saturated carbocycles. The summed E-state index contributed by atoms with van der Waals surface area (Å²) in [5, 5.41) is 0. The van der Waals surface area contributed by atoms with Crippen molar-refractivity contribution in [1.82, 2.24) is 9.97 Å². The number of benzene rings is 2. The van der Waals surface area contributed by atoms with E-state index in [0.29, 0.717) is 23.2 Å². The molecule has 3 rings (SSSR count). The summed E-state index contributed by atoms with van der Waals surface area (Å²) in [6.45, 7) is 3.82. The minimum atomic E-state index is 0.0614. The molecule has 0 aliphatic heterocycles. The van der Waals surface area contributed by atoms with Crippen LogP contribution in [0.15, 0.2) is 53.0 Å². The van der Waals surface area contributed by atoms with Crippen molar-refractivity contribution in [3.63, 3.8) is 0 Å². The Hall–Kier alpha value is -2.44. The zero-order valence-electron chi connectivity index (χ0n) is 15.6. The first-order valence-corrected chi connectivity index (χ1v) is 9.46. The Morgan fingerprint density at radius 1 is 1.11 bits per heavy atom. The summed E-state index contributed by atoms with van der Waals surface area (Å²) in [6.07, 6.45) is 0.750. The van der Waals surface area contributed by atoms with Crippen LogP contribution in [-0.4, -0.2) is 23.1 Å². The van der Waals surface area contributed by atoms with Gasteiger partial charge in [-0.05, 0) is 53.9 Å². The summed E-state index contributed by atoms with van der Waals surface area (Å²) in [6, 6.07) is 15.8. The van der Waals surface area contributed by atoms with Gasteiger partial charge in [-0.1, -0.05) is 30.3 Å². The average Bonchev–Trinajstić information content (AvgIpc) is 2.63. The Bertz CT molecular complexity index is 930. The summed E-state index contributed by atoms with van der Waals surface area (Å²) in [7, 11) is 1.62. The highest BCUT2D eigenvalue weighted by Gasteiger charge is 2.15. The van der Waals surface area contributed by atoms with Crippen molar-refractivity contribution in [3.8, 4) is 28.6 Å². The second-order valence-electron chi connectivity index (χ2n) is 6.40. The second kappa shape index (κ2) is 8.50. The molecule has 0 aliphatic rings. The van der Waals surface area contributed by atoms with Crippen LogP contribution in [0.2, 0.25) is 0 Å². The summed E-state index contributed by atoms with van der Waals surface area (Å²) >= 11 is 3.58. The van der Waals surface area contributed by atoms with Gasteiger partial charge in [0.15, 0.2) is 11.5 Å². The number of hydrogen-bond donors (Lipinski definition) is 1. The first kappa shape index (κ1) is 19.3. The first-order valence-electron chi connectivity index (χ1n) is 8.67. The van der Waals surface area contributed by atoms with E-state index in [1.807, 2.05) is 62.4 Å². The quantitative estimate of drug-likeness (QED) is 0.605. The fourth-order valence-electron chi connectivity index (χ4n) is 2.82. The molecule has 0 fully saturated rings. The van der Waals surface area contributed by atoms with Crippen LogP contribution in [0, 0.1) is 6.92 Å². The predicted molar refractivity (Wildman–Crippen MR) is 110 cm³/mol. The molecule has 2 aromatic carbocycles. The number of nitrogens with two attached hydrogens (primary N) is 1. The van der Waals surface area contributed by atoms with E-state index in [9.17, 15) is 0 Å². The standard InChI is InChI=1S/C21H22BrN3O2/c1-13(23)9-15-10-17(22)21(19(11-15)26-3)27-20-12-18(24-14(2)25-20)16-7-5-4-6-8-16/h4-8,10-13H,9,23H2,1-3H3. The van der Waals surface area contributed by atoms with Crippen LogP contribution in [0.4, 0.5) is 0 Å². The van der Waals surface area contributed by atoms with Gasteiger partial charge in [-0.2, -0.15) is 4.98 Å². The Labute approximate surface area is 167 Å². The molecule has 1 unspecified atom stereocenters. The van der Waals surface area contributed by atoms with Gasteiger partial charge < -0.3 is 15.2 Å². The summed E-state index contributed by atoms with van der Waals surface area (Å²) in [4.78, 5) is 8.92. The number of aromatic nitrogens is 2. The third-order valence-corrected chi connectivity index (χ3v) is 4.53. The van der Waals surface area contributed by atoms with E-state index in [2.05, 4.69) is 25.9 Å². The maximum Gasteiger partial charge on any atom is 0.223 e. The molecule has 0 radical (unpaired) electrons. The monoisotopic (exact) mass is 427 g/mol. The average molecular weight is 428 g/mol. The lowest BCUT2D eigenvalue weighted by molar-refractivity contribution is 0.371. The predicted octanol–water partition coefficient (Wildman–Crippen LogP) is 4.91. The molecule has 3 aromatic rings. The lowest BCUT2D eigenvalue weighted by Gasteiger charge is -2.15. The fraction of sp³-hybridized carbons (Fsp3) is 0.238. The van der Waals surface area contributed by atoms with Crippen LogP contribution in [0.25, 0.3) is 11.3 Å². The minimum Gasteiger partial charge on any atom is -0.493 e. The van der Waals surface area contributed by atoms with Gasteiger partial charge >= 0.3 is 0 Å². The molecule has 0 aliphatic carbocycles. The minimum absolute atomic E-state index is 0.0614. The largest absolute Gasteiger partial charge is 0.493 e. The van der Waals surface area contributed by atoms with E-state index >= 15 is 0 Å². The van der Waals surface area contributed by atoms with Gasteiger partial charge in [0.25, 0.3) is 0 Å². The molecule has 0 spiro atoms. The summed E-state index contributed by atoms with van der Waals surface area (Å²) in [5.41, 5.74) is 8.80. The molecule has 0 amide bonds. The van der Waals surface area contributed by atoms with Crippen LogP contribution in [0.5, 0.6) is 17.4 Å². The van der Waals surface area contributed by atoms with Gasteiger partial charge in [-0.25, -0.2) is 4.98 Å². The van der Waals surface area contributed by atoms with Crippen LogP contribution in [0.1, 0.15) is 18.3 Å². The maximum atomic E-state index is 6.08. The molecule has 1 heterocycles. The molecule has 1 atom stereocenters. The summed E-state index contributed by atoms with van der Waals surface area (Å²) < 4.78 is 12.4. The molecule has 0 bridgehead atoms. The fourth-order valence-corrected chi connectivity index (χ4v) is 3.39. The maximum absolute atomic E-state index is 6.08. The zero-order valence-corrected chi connectivity index (χ0v) is 17.2. The van der Waals surface area contributed by atoms with Crippen molar-refractivity contribution in [2.45, 2.75) is 26.3 Å². The lowest BCUT2D eigenvalue weighted by atomic mass is 10.1. The van der Waals surface area contributed by atoms with Crippen LogP contribution >= 0.6 is 15.9 Å². The molecular formula is C21H22BrN3O2. The molecule has 27 heavy (non-hydrogen) atoms. The van der Waals surface area contributed by atoms with Crippen molar-refractivity contribution in [3.05, 3.63) is 64.4 Å². The van der Waals surface area contributed by atoms with Gasteiger partial charge in [0.1, 0.15) is 5.82 Å². The Morgan fingerprint density at radius 3 is 2.52 bits per heavy atom. The van der Waals surface area contributed by atoms with Gasteiger partial charge in [0.05, 0.1) is 17.3 Å². The number of hydrogen-bond acceptors (Lipinski definition) is 5. The van der Waals surface area contributed by atoms with E-state index in [1.165, 1.54) is 0 Å². The lowest BCUT2D eigenvalue weighted by Crippen LogP contribution is -2.17. The molecule has 5 nitrogen and oxygen atoms in total. The smallest absolute Gasteiger partial charge is 0.223 e. The highest BCUT2D eigenvalue weighted by Crippen LogP contribution is 2.39. The van der Waals surface area contributed by atoms with Crippen LogP contribution in [-0.2, 0) is 6.42 Å². The molecule has 2 N–H and O–H groups in total. The van der Waals surface area contributed by atoms with Crippen molar-refractivity contribution in [2.24, 2.45) is 5.73 Å². The van der Waals surface area contributed by atoms with Crippen molar-refractivity contribution in [1.29, 1.82) is 0 Å². The molecular weight excluding hydrogens is 406 g/mol. The number of halogens is 1. The van der Waals surface area contributed by atoms with E-state index in [-0.39, 0.29) is 6.04 Å². The van der Waals surface area contributed by atoms with E-state index < -0.39 is 0 Å². The van der Waals surface area contributed by atoms with E-state index in [4.69, 9.17) is 15.2 Å². The number of aryl methyl sites for hydroxylation is 1. The van der Waals surface area contributed by atoms with Crippen molar-refractivity contribution < 1.29 is 9.47 Å². The Morgan fingerprint density at radius 2 is 1.85 bits per heavy atom. The summed E-state index contributed by atoms with van der Waals surface area (Å²) in [5.74, 6) is 2.29. The van der Waals surface area contributed by atoms with Crippen LogP contribution in [0.3, 0.4) is 0 Å². The first-order chi connectivity index (χ1) is 13.0. The van der Waals surface area contributed by atoms with Crippen molar-refractivity contribution >= 4 is 15.9 Å². The third-order valence-electron chi connectivity index (χ3n) is 3.94. The van der Waals surface area contributed by atoms with Gasteiger partial charge in [-0.15, -0.1) is 0 Å². The van der Waals surface area contributed by atoms with E-state index in [1.54, 1.807) is 7.11 Å². The highest BCUT2D eigenvalue weighted by atomic mass is 79.9. The number of ether oxygens (including phenoxy) is 2. The normalized spacial score (nSPS) is 11.9. The number of rotatable bonds is 6. The molecule has 0 saturated heterocycles. The molecule has 6 heteroatoms. The van der Waals surface area contributed by atoms with E-state index in [0.717, 1.165) is 27.7 Å². The van der Waals surface area contributed by atoms with Crippen molar-refractivity contribution in [2.75, 3.05) is 7.11 Å². The highest BCUT2D eigenvalue weighted by molar-refractivity contribution is 9.10. The molecule has 140 valence electrons. The number of methoxy groups -OCH3 is 1. The topological polar surface area (TPSA) is 70.3 Å². The van der Waals surface area contributed by atoms with Gasteiger partial charge in [0, 0.05) is 17.7 Å². The number of nitrogens with zero attached hydrogens (tertiary/aromatic N) is 2. The Balaban J connectivity index is 1.96. The van der Waals surface area contributed by atoms with Gasteiger partial charge in [0.2, 0.25) is 5.88 Å². The zero-order chi connectivity index (χ0) is 19.4. The molecule has 1 aromatic heterocycles. The third kappa shape index (κ3) is 4.84. The van der Waals surface area contributed by atoms with Gasteiger partial charge in [-0.3, -0.25) is 0 Å². The second-order valence-corrected chi connectivity index (χ2v) is 7.25. The Kier molecular flexibility index (Phi) is 6.08. The SMILES string of the molecule is COc1cc(CC(C)N)cc(Br)c1Oc1cc(-c2ccccc2)nc(C)n1. The van der Waals surface area contributed by atoms with Crippen LogP contribution < -0.4 is 15.2 Å².